The molecule has 0 saturated heterocycles. The highest BCUT2D eigenvalue weighted by Crippen LogP contribution is 2.40. The van der Waals surface area contributed by atoms with Gasteiger partial charge in [0.05, 0.1) is 21.3 Å². The molecule has 1 amide bonds. The molecule has 3 aromatic rings. The van der Waals surface area contributed by atoms with Crippen molar-refractivity contribution in [3.8, 4) is 27.7 Å². The van der Waals surface area contributed by atoms with Crippen LogP contribution in [0, 0.1) is 0 Å². The van der Waals surface area contributed by atoms with Gasteiger partial charge < -0.3 is 24.6 Å². The Morgan fingerprint density at radius 1 is 1.04 bits per heavy atom. The first-order chi connectivity index (χ1) is 13.5. The highest BCUT2D eigenvalue weighted by molar-refractivity contribution is 7.17. The summed E-state index contributed by atoms with van der Waals surface area (Å²) in [5.41, 5.74) is 0.887. The molecule has 0 unspecified atom stereocenters. The van der Waals surface area contributed by atoms with E-state index in [9.17, 15) is 14.7 Å². The van der Waals surface area contributed by atoms with E-state index in [0.717, 1.165) is 16.2 Å². The van der Waals surface area contributed by atoms with Gasteiger partial charge >= 0.3 is 5.97 Å². The molecule has 0 fully saturated rings. The second-order valence-corrected chi connectivity index (χ2v) is 7.33. The molecule has 0 aliphatic heterocycles. The Hall–Kier alpha value is -3.04. The van der Waals surface area contributed by atoms with E-state index in [2.05, 4.69) is 5.32 Å². The average Bonchev–Trinajstić information content (AvgIpc) is 3.36. The number of anilines is 1. The number of benzene rings is 1. The molecule has 2 aromatic heterocycles. The van der Waals surface area contributed by atoms with Crippen molar-refractivity contribution in [1.82, 2.24) is 0 Å². The molecule has 2 heterocycles. The molecule has 9 heteroatoms. The van der Waals surface area contributed by atoms with Crippen LogP contribution in [0.3, 0.4) is 0 Å². The van der Waals surface area contributed by atoms with Crippen molar-refractivity contribution in [2.24, 2.45) is 0 Å². The summed E-state index contributed by atoms with van der Waals surface area (Å²) in [5.74, 6) is -0.568. The normalized spacial score (nSPS) is 10.4. The zero-order valence-corrected chi connectivity index (χ0v) is 16.9. The molecule has 0 radical (unpaired) electrons. The van der Waals surface area contributed by atoms with Crippen LogP contribution < -0.4 is 19.5 Å². The lowest BCUT2D eigenvalue weighted by Crippen LogP contribution is -2.14. The first-order valence-electron chi connectivity index (χ1n) is 8.00. The van der Waals surface area contributed by atoms with Gasteiger partial charge in [-0.1, -0.05) is 6.07 Å². The van der Waals surface area contributed by atoms with Crippen LogP contribution in [-0.4, -0.2) is 38.3 Å². The molecule has 0 bridgehead atoms. The predicted molar refractivity (Wildman–Crippen MR) is 109 cm³/mol. The molecule has 7 nitrogen and oxygen atoms in total. The third kappa shape index (κ3) is 3.67. The van der Waals surface area contributed by atoms with E-state index >= 15 is 0 Å². The number of thiophene rings is 2. The zero-order valence-electron chi connectivity index (χ0n) is 15.3. The summed E-state index contributed by atoms with van der Waals surface area (Å²) in [4.78, 5) is 25.4. The number of carboxylic acid groups (broad SMARTS) is 1. The summed E-state index contributed by atoms with van der Waals surface area (Å²) in [6.07, 6.45) is 0. The fourth-order valence-electron chi connectivity index (χ4n) is 2.66. The third-order valence-electron chi connectivity index (χ3n) is 3.95. The number of aromatic carboxylic acids is 1. The van der Waals surface area contributed by atoms with Gasteiger partial charge in [-0.2, -0.15) is 0 Å². The second kappa shape index (κ2) is 8.32. The van der Waals surface area contributed by atoms with Crippen LogP contribution in [0.4, 0.5) is 5.00 Å². The van der Waals surface area contributed by atoms with Crippen LogP contribution in [0.2, 0.25) is 0 Å². The molecule has 0 saturated carbocycles. The molecule has 2 N–H and O–H groups in total. The lowest BCUT2D eigenvalue weighted by atomic mass is 10.1. The number of nitrogens with one attached hydrogen (secondary N) is 1. The summed E-state index contributed by atoms with van der Waals surface area (Å²) < 4.78 is 15.8. The molecular weight excluding hydrogens is 402 g/mol. The van der Waals surface area contributed by atoms with Crippen LogP contribution in [0.1, 0.15) is 20.7 Å². The molecule has 0 aliphatic rings. The van der Waals surface area contributed by atoms with Gasteiger partial charge in [0.1, 0.15) is 10.6 Å². The quantitative estimate of drug-likeness (QED) is 0.587. The maximum absolute atomic E-state index is 12.8. The molecule has 1 aromatic carbocycles. The van der Waals surface area contributed by atoms with Crippen LogP contribution in [0.5, 0.6) is 17.2 Å². The Morgan fingerprint density at radius 3 is 2.21 bits per heavy atom. The SMILES string of the molecule is COc1cc(C(=O)Nc2scc(-c3cccs3)c2C(=O)O)cc(OC)c1OC. The zero-order chi connectivity index (χ0) is 20.3. The molecule has 28 heavy (non-hydrogen) atoms. The van der Waals surface area contributed by atoms with Gasteiger partial charge in [0.25, 0.3) is 5.91 Å². The minimum absolute atomic E-state index is 0.0632. The molecule has 0 aliphatic carbocycles. The minimum atomic E-state index is -1.11. The fourth-order valence-corrected chi connectivity index (χ4v) is 4.43. The summed E-state index contributed by atoms with van der Waals surface area (Å²) in [5, 5.41) is 16.2. The van der Waals surface area contributed by atoms with Gasteiger partial charge in [0.15, 0.2) is 11.5 Å². The van der Waals surface area contributed by atoms with Crippen LogP contribution >= 0.6 is 22.7 Å². The van der Waals surface area contributed by atoms with E-state index in [1.165, 1.54) is 44.8 Å². The number of hydrogen-bond donors (Lipinski definition) is 2. The molecule has 0 atom stereocenters. The van der Waals surface area contributed by atoms with Gasteiger partial charge in [-0.15, -0.1) is 22.7 Å². The van der Waals surface area contributed by atoms with Gasteiger partial charge in [0, 0.05) is 21.4 Å². The largest absolute Gasteiger partial charge is 0.493 e. The van der Waals surface area contributed by atoms with E-state index < -0.39 is 11.9 Å². The van der Waals surface area contributed by atoms with Crippen molar-refractivity contribution < 1.29 is 28.9 Å². The maximum Gasteiger partial charge on any atom is 0.339 e. The van der Waals surface area contributed by atoms with Gasteiger partial charge in [-0.25, -0.2) is 4.79 Å². The molecular formula is C19H17NO6S2. The minimum Gasteiger partial charge on any atom is -0.493 e. The van der Waals surface area contributed by atoms with Crippen molar-refractivity contribution in [3.63, 3.8) is 0 Å². The number of ether oxygens (including phenoxy) is 3. The Balaban J connectivity index is 1.97. The van der Waals surface area contributed by atoms with Crippen molar-refractivity contribution in [3.05, 3.63) is 46.2 Å². The number of carbonyl (C=O) groups excluding carboxylic acids is 1. The van der Waals surface area contributed by atoms with E-state index in [1.54, 1.807) is 5.38 Å². The highest BCUT2D eigenvalue weighted by atomic mass is 32.1. The number of carboxylic acids is 1. The predicted octanol–water partition coefficient (Wildman–Crippen LogP) is 4.45. The Bertz CT molecular complexity index is 985. The smallest absolute Gasteiger partial charge is 0.339 e. The number of amides is 1. The standard InChI is InChI=1S/C19H17NO6S2/c1-24-12-7-10(8-13(25-2)16(12)26-3)17(21)20-18-15(19(22)23)11(9-28-18)14-5-4-6-27-14/h4-9H,1-3H3,(H,20,21)(H,22,23). The van der Waals surface area contributed by atoms with Gasteiger partial charge in [0.2, 0.25) is 5.75 Å². The summed E-state index contributed by atoms with van der Waals surface area (Å²) in [7, 11) is 4.37. The number of methoxy groups -OCH3 is 3. The van der Waals surface area contributed by atoms with Gasteiger partial charge in [-0.05, 0) is 23.6 Å². The summed E-state index contributed by atoms with van der Waals surface area (Å²) in [6, 6.07) is 6.69. The van der Waals surface area contributed by atoms with Crippen LogP contribution in [0.25, 0.3) is 10.4 Å². The Morgan fingerprint density at radius 2 is 1.71 bits per heavy atom. The topological polar surface area (TPSA) is 94.1 Å². The lowest BCUT2D eigenvalue weighted by Gasteiger charge is -2.14. The number of hydrogen-bond acceptors (Lipinski definition) is 7. The van der Waals surface area contributed by atoms with Gasteiger partial charge in [-0.3, -0.25) is 4.79 Å². The third-order valence-corrected chi connectivity index (χ3v) is 5.74. The van der Waals surface area contributed by atoms with Crippen molar-refractivity contribution >= 4 is 39.6 Å². The first-order valence-corrected chi connectivity index (χ1v) is 9.76. The van der Waals surface area contributed by atoms with E-state index in [0.29, 0.717) is 22.8 Å². The molecule has 3 rings (SSSR count). The van der Waals surface area contributed by atoms with Crippen LogP contribution in [-0.2, 0) is 0 Å². The van der Waals surface area contributed by atoms with Crippen molar-refractivity contribution in [1.29, 1.82) is 0 Å². The monoisotopic (exact) mass is 419 g/mol. The Kier molecular flexibility index (Phi) is 5.86. The number of rotatable bonds is 7. The van der Waals surface area contributed by atoms with E-state index in [1.807, 2.05) is 17.5 Å². The van der Waals surface area contributed by atoms with E-state index in [4.69, 9.17) is 14.2 Å². The highest BCUT2D eigenvalue weighted by Gasteiger charge is 2.23. The second-order valence-electron chi connectivity index (χ2n) is 5.50. The first kappa shape index (κ1) is 19.7. The summed E-state index contributed by atoms with van der Waals surface area (Å²) in [6.45, 7) is 0. The van der Waals surface area contributed by atoms with E-state index in [-0.39, 0.29) is 16.1 Å². The molecule has 0 spiro atoms. The lowest BCUT2D eigenvalue weighted by molar-refractivity contribution is 0.0699. The molecule has 146 valence electrons. The van der Waals surface area contributed by atoms with Crippen molar-refractivity contribution in [2.75, 3.05) is 26.6 Å². The van der Waals surface area contributed by atoms with Crippen molar-refractivity contribution in [2.45, 2.75) is 0 Å². The maximum atomic E-state index is 12.8. The Labute approximate surface area is 169 Å². The summed E-state index contributed by atoms with van der Waals surface area (Å²) >= 11 is 2.59. The fraction of sp³-hybridized carbons (Fsp3) is 0.158. The average molecular weight is 419 g/mol. The number of carbonyl (C=O) groups is 2. The van der Waals surface area contributed by atoms with Crippen LogP contribution in [0.15, 0.2) is 35.0 Å².